The van der Waals surface area contributed by atoms with Crippen molar-refractivity contribution in [1.29, 1.82) is 0 Å². The number of aryl methyl sites for hydroxylation is 1. The fraction of sp³-hybridized carbons (Fsp3) is 0.455. The lowest BCUT2D eigenvalue weighted by atomic mass is 9.99. The van der Waals surface area contributed by atoms with Crippen LogP contribution < -0.4 is 5.32 Å². The number of hydrogen-bond acceptors (Lipinski definition) is 2. The van der Waals surface area contributed by atoms with Gasteiger partial charge < -0.3 is 10.4 Å². The summed E-state index contributed by atoms with van der Waals surface area (Å²) in [4.78, 5) is 0. The molecule has 2 N–H and O–H groups in total. The van der Waals surface area contributed by atoms with Crippen LogP contribution in [0.1, 0.15) is 22.8 Å². The van der Waals surface area contributed by atoms with E-state index in [1.807, 2.05) is 33.0 Å². The minimum Gasteiger partial charge on any atom is -0.387 e. The van der Waals surface area contributed by atoms with Gasteiger partial charge in [0, 0.05) is 11.6 Å². The highest BCUT2D eigenvalue weighted by Gasteiger charge is 2.11. The Labute approximate surface area is 89.9 Å². The van der Waals surface area contributed by atoms with Crippen molar-refractivity contribution < 1.29 is 5.11 Å². The van der Waals surface area contributed by atoms with E-state index in [0.29, 0.717) is 11.6 Å². The predicted molar refractivity (Wildman–Crippen MR) is 59.8 cm³/mol. The molecule has 0 radical (unpaired) electrons. The third kappa shape index (κ3) is 2.47. The molecule has 1 unspecified atom stereocenters. The summed E-state index contributed by atoms with van der Waals surface area (Å²) in [6.07, 6.45) is -0.489. The van der Waals surface area contributed by atoms with Crippen molar-refractivity contribution in [3.8, 4) is 0 Å². The van der Waals surface area contributed by atoms with Gasteiger partial charge in [0.05, 0.1) is 6.10 Å². The van der Waals surface area contributed by atoms with E-state index in [9.17, 15) is 5.11 Å². The third-order valence-corrected chi connectivity index (χ3v) is 2.65. The Balaban J connectivity index is 3.07. The van der Waals surface area contributed by atoms with Crippen LogP contribution in [-0.4, -0.2) is 18.7 Å². The summed E-state index contributed by atoms with van der Waals surface area (Å²) < 4.78 is 0. The molecular weight excluding hydrogens is 198 g/mol. The van der Waals surface area contributed by atoms with Crippen LogP contribution >= 0.6 is 11.6 Å². The highest BCUT2D eigenvalue weighted by molar-refractivity contribution is 6.30. The van der Waals surface area contributed by atoms with Gasteiger partial charge in [-0.1, -0.05) is 11.6 Å². The summed E-state index contributed by atoms with van der Waals surface area (Å²) >= 11 is 5.93. The van der Waals surface area contributed by atoms with Crippen LogP contribution in [0.4, 0.5) is 0 Å². The number of likely N-dealkylation sites (N-methyl/N-ethyl adjacent to an activating group) is 1. The molecule has 0 spiro atoms. The van der Waals surface area contributed by atoms with Crippen LogP contribution in [0.25, 0.3) is 0 Å². The van der Waals surface area contributed by atoms with Crippen molar-refractivity contribution in [2.24, 2.45) is 0 Å². The molecule has 0 saturated heterocycles. The van der Waals surface area contributed by atoms with Crippen LogP contribution in [0.2, 0.25) is 5.02 Å². The lowest BCUT2D eigenvalue weighted by Gasteiger charge is -2.15. The van der Waals surface area contributed by atoms with Crippen molar-refractivity contribution >= 4 is 11.6 Å². The molecule has 0 amide bonds. The maximum atomic E-state index is 9.83. The topological polar surface area (TPSA) is 32.3 Å². The third-order valence-electron chi connectivity index (χ3n) is 2.43. The summed E-state index contributed by atoms with van der Waals surface area (Å²) in [6, 6.07) is 3.73. The van der Waals surface area contributed by atoms with E-state index in [-0.39, 0.29) is 0 Å². The molecule has 0 heterocycles. The van der Waals surface area contributed by atoms with E-state index in [1.165, 1.54) is 0 Å². The van der Waals surface area contributed by atoms with Crippen molar-refractivity contribution in [2.45, 2.75) is 20.0 Å². The van der Waals surface area contributed by atoms with E-state index >= 15 is 0 Å². The fourth-order valence-corrected chi connectivity index (χ4v) is 1.77. The molecule has 0 aliphatic heterocycles. The molecule has 3 heteroatoms. The number of rotatable bonds is 3. The first-order chi connectivity index (χ1) is 6.56. The molecule has 1 aromatic carbocycles. The summed E-state index contributed by atoms with van der Waals surface area (Å²) in [5.41, 5.74) is 3.13. The number of halogens is 1. The summed E-state index contributed by atoms with van der Waals surface area (Å²) in [6.45, 7) is 4.54. The number of benzene rings is 1. The molecule has 1 aromatic rings. The van der Waals surface area contributed by atoms with Gasteiger partial charge in [-0.15, -0.1) is 0 Å². The Morgan fingerprint density at radius 3 is 2.64 bits per heavy atom. The first-order valence-electron chi connectivity index (χ1n) is 4.65. The van der Waals surface area contributed by atoms with Crippen molar-refractivity contribution in [3.63, 3.8) is 0 Å². The standard InChI is InChI=1S/C11H16ClNO/c1-7-4-9(12)5-10(8(7)2)11(14)6-13-3/h4-5,11,13-14H,6H2,1-3H3. The number of aliphatic hydroxyl groups is 1. The monoisotopic (exact) mass is 213 g/mol. The summed E-state index contributed by atoms with van der Waals surface area (Å²) in [7, 11) is 1.82. The van der Waals surface area contributed by atoms with Crippen LogP contribution in [0.15, 0.2) is 12.1 Å². The Kier molecular flexibility index (Phi) is 3.93. The lowest BCUT2D eigenvalue weighted by Crippen LogP contribution is -2.17. The quantitative estimate of drug-likeness (QED) is 0.807. The second kappa shape index (κ2) is 4.78. The van der Waals surface area contributed by atoms with Gasteiger partial charge >= 0.3 is 0 Å². The van der Waals surface area contributed by atoms with Crippen LogP contribution in [0.5, 0.6) is 0 Å². The van der Waals surface area contributed by atoms with Gasteiger partial charge in [0.15, 0.2) is 0 Å². The van der Waals surface area contributed by atoms with Gasteiger partial charge in [-0.2, -0.15) is 0 Å². The zero-order valence-electron chi connectivity index (χ0n) is 8.76. The molecular formula is C11H16ClNO. The molecule has 1 rings (SSSR count). The van der Waals surface area contributed by atoms with Crippen LogP contribution in [0.3, 0.4) is 0 Å². The fourth-order valence-electron chi connectivity index (χ4n) is 1.49. The Bertz CT molecular complexity index is 325. The molecule has 2 nitrogen and oxygen atoms in total. The van der Waals surface area contributed by atoms with Gasteiger partial charge in [-0.05, 0) is 49.7 Å². The Hall–Kier alpha value is -0.570. The van der Waals surface area contributed by atoms with Crippen molar-refractivity contribution in [3.05, 3.63) is 33.8 Å². The summed E-state index contributed by atoms with van der Waals surface area (Å²) in [5, 5.41) is 13.4. The predicted octanol–water partition coefficient (Wildman–Crippen LogP) is 2.21. The van der Waals surface area contributed by atoms with Crippen LogP contribution in [0, 0.1) is 13.8 Å². The molecule has 78 valence electrons. The summed E-state index contributed by atoms with van der Waals surface area (Å²) in [5.74, 6) is 0. The van der Waals surface area contributed by atoms with E-state index in [4.69, 9.17) is 11.6 Å². The van der Waals surface area contributed by atoms with Gasteiger partial charge in [-0.25, -0.2) is 0 Å². The highest BCUT2D eigenvalue weighted by atomic mass is 35.5. The van der Waals surface area contributed by atoms with E-state index in [0.717, 1.165) is 16.7 Å². The van der Waals surface area contributed by atoms with E-state index in [2.05, 4.69) is 5.32 Å². The molecule has 0 bridgehead atoms. The molecule has 0 saturated carbocycles. The SMILES string of the molecule is CNCC(O)c1cc(Cl)cc(C)c1C. The second-order valence-corrected chi connectivity index (χ2v) is 3.95. The molecule has 14 heavy (non-hydrogen) atoms. The highest BCUT2D eigenvalue weighted by Crippen LogP contribution is 2.24. The first kappa shape index (κ1) is 11.5. The van der Waals surface area contributed by atoms with E-state index < -0.39 is 6.10 Å². The van der Waals surface area contributed by atoms with E-state index in [1.54, 1.807) is 0 Å². The molecule has 1 atom stereocenters. The second-order valence-electron chi connectivity index (χ2n) is 3.51. The molecule has 0 aliphatic rings. The number of hydrogen-bond donors (Lipinski definition) is 2. The van der Waals surface area contributed by atoms with Gasteiger partial charge in [0.2, 0.25) is 0 Å². The number of aliphatic hydroxyl groups excluding tert-OH is 1. The molecule has 0 fully saturated rings. The van der Waals surface area contributed by atoms with Crippen molar-refractivity contribution in [2.75, 3.05) is 13.6 Å². The number of nitrogens with one attached hydrogen (secondary N) is 1. The van der Waals surface area contributed by atoms with Gasteiger partial charge in [-0.3, -0.25) is 0 Å². The Morgan fingerprint density at radius 2 is 2.07 bits per heavy atom. The maximum Gasteiger partial charge on any atom is 0.0917 e. The average Bonchev–Trinajstić information content (AvgIpc) is 2.11. The van der Waals surface area contributed by atoms with Crippen molar-refractivity contribution in [1.82, 2.24) is 5.32 Å². The molecule has 0 aromatic heterocycles. The van der Waals surface area contributed by atoms with Gasteiger partial charge in [0.25, 0.3) is 0 Å². The largest absolute Gasteiger partial charge is 0.387 e. The minimum absolute atomic E-state index is 0.489. The normalized spacial score (nSPS) is 12.9. The minimum atomic E-state index is -0.489. The maximum absolute atomic E-state index is 9.83. The van der Waals surface area contributed by atoms with Gasteiger partial charge in [0.1, 0.15) is 0 Å². The van der Waals surface area contributed by atoms with Crippen LogP contribution in [-0.2, 0) is 0 Å². The lowest BCUT2D eigenvalue weighted by molar-refractivity contribution is 0.177. The Morgan fingerprint density at radius 1 is 1.43 bits per heavy atom. The smallest absolute Gasteiger partial charge is 0.0917 e. The zero-order valence-corrected chi connectivity index (χ0v) is 9.52. The first-order valence-corrected chi connectivity index (χ1v) is 5.03. The average molecular weight is 214 g/mol. The molecule has 0 aliphatic carbocycles. The zero-order chi connectivity index (χ0) is 10.7.